The van der Waals surface area contributed by atoms with Crippen molar-refractivity contribution in [1.29, 1.82) is 0 Å². The van der Waals surface area contributed by atoms with E-state index >= 15 is 0 Å². The third-order valence-electron chi connectivity index (χ3n) is 6.92. The predicted molar refractivity (Wildman–Crippen MR) is 174 cm³/mol. The van der Waals surface area contributed by atoms with Crippen molar-refractivity contribution in [3.05, 3.63) is 91.2 Å². The minimum Gasteiger partial charge on any atom is -0.490 e. The second-order valence-corrected chi connectivity index (χ2v) is 12.4. The zero-order chi connectivity index (χ0) is 30.5. The third kappa shape index (κ3) is 7.49. The Morgan fingerprint density at radius 3 is 2.42 bits per heavy atom. The fourth-order valence-corrected chi connectivity index (χ4v) is 6.47. The maximum atomic E-state index is 13.2. The van der Waals surface area contributed by atoms with E-state index in [1.807, 2.05) is 43.3 Å². The normalized spacial score (nSPS) is 16.3. The highest BCUT2D eigenvalue weighted by atomic mass is 79.9. The van der Waals surface area contributed by atoms with Crippen LogP contribution in [0.2, 0.25) is 10.0 Å². The summed E-state index contributed by atoms with van der Waals surface area (Å²) in [5.74, 6) is 0.199. The average Bonchev–Trinajstić information content (AvgIpc) is 3.26. The molecule has 0 saturated carbocycles. The van der Waals surface area contributed by atoms with Crippen LogP contribution in [0, 0.1) is 0 Å². The summed E-state index contributed by atoms with van der Waals surface area (Å²) in [4.78, 5) is 44.2. The molecule has 8 nitrogen and oxygen atoms in total. The maximum absolute atomic E-state index is 13.2. The lowest BCUT2D eigenvalue weighted by atomic mass is 10.1. The Bertz CT molecular complexity index is 1560. The monoisotopic (exact) mass is 703 g/mol. The number of thioether (sulfide) groups is 1. The first-order valence-electron chi connectivity index (χ1n) is 13.6. The Kier molecular flexibility index (Phi) is 10.2. The molecule has 0 aliphatic carbocycles. The molecule has 2 aliphatic heterocycles. The van der Waals surface area contributed by atoms with Gasteiger partial charge in [-0.2, -0.15) is 0 Å². The Morgan fingerprint density at radius 1 is 0.977 bits per heavy atom. The van der Waals surface area contributed by atoms with Gasteiger partial charge < -0.3 is 19.3 Å². The summed E-state index contributed by atoms with van der Waals surface area (Å²) in [5.41, 5.74) is 2.57. The lowest BCUT2D eigenvalue weighted by Crippen LogP contribution is -2.51. The highest BCUT2D eigenvalue weighted by Gasteiger charge is 2.37. The van der Waals surface area contributed by atoms with E-state index in [1.54, 1.807) is 35.2 Å². The van der Waals surface area contributed by atoms with Crippen LogP contribution in [-0.2, 0) is 16.2 Å². The molecule has 0 spiro atoms. The van der Waals surface area contributed by atoms with Crippen molar-refractivity contribution in [3.63, 3.8) is 0 Å². The predicted octanol–water partition coefficient (Wildman–Crippen LogP) is 7.12. The van der Waals surface area contributed by atoms with Crippen LogP contribution in [0.15, 0.2) is 70.0 Å². The minimum absolute atomic E-state index is 0.225. The second kappa shape index (κ2) is 14.1. The molecule has 2 fully saturated rings. The van der Waals surface area contributed by atoms with Crippen molar-refractivity contribution in [2.75, 3.05) is 44.2 Å². The van der Waals surface area contributed by atoms with Crippen molar-refractivity contribution in [2.45, 2.75) is 13.5 Å². The first-order chi connectivity index (χ1) is 20.7. The number of halogens is 3. The molecular weight excluding hydrogens is 677 g/mol. The number of imide groups is 1. The van der Waals surface area contributed by atoms with Gasteiger partial charge in [0.15, 0.2) is 11.5 Å². The zero-order valence-corrected chi connectivity index (χ0v) is 27.1. The summed E-state index contributed by atoms with van der Waals surface area (Å²) in [6, 6.07) is 18.8. The molecular formula is C31H28BrCl2N3O5S. The number of piperazine rings is 1. The number of nitrogens with zero attached hydrogens (tertiary/aromatic N) is 3. The van der Waals surface area contributed by atoms with Crippen LogP contribution < -0.4 is 14.4 Å². The van der Waals surface area contributed by atoms with Crippen LogP contribution in [0.1, 0.15) is 18.1 Å². The number of para-hydroxylation sites is 1. The van der Waals surface area contributed by atoms with Gasteiger partial charge in [0.2, 0.25) is 5.91 Å². The fourth-order valence-electron chi connectivity index (χ4n) is 4.73. The molecule has 0 unspecified atom stereocenters. The van der Waals surface area contributed by atoms with Gasteiger partial charge in [-0.05, 0) is 88.2 Å². The van der Waals surface area contributed by atoms with E-state index in [0.29, 0.717) is 64.4 Å². The molecule has 0 aromatic heterocycles. The van der Waals surface area contributed by atoms with E-state index in [1.165, 1.54) is 0 Å². The van der Waals surface area contributed by atoms with E-state index in [2.05, 4.69) is 20.8 Å². The molecule has 3 aromatic carbocycles. The summed E-state index contributed by atoms with van der Waals surface area (Å²) >= 11 is 16.5. The number of rotatable bonds is 9. The minimum atomic E-state index is -0.500. The molecule has 43 heavy (non-hydrogen) atoms. The van der Waals surface area contributed by atoms with E-state index in [4.69, 9.17) is 32.7 Å². The number of anilines is 1. The van der Waals surface area contributed by atoms with Gasteiger partial charge in [-0.3, -0.25) is 19.3 Å². The molecule has 5 rings (SSSR count). The highest BCUT2D eigenvalue weighted by molar-refractivity contribution is 9.10. The quantitative estimate of drug-likeness (QED) is 0.220. The third-order valence-corrected chi connectivity index (χ3v) is 9.15. The van der Waals surface area contributed by atoms with Crippen LogP contribution in [0.25, 0.3) is 6.08 Å². The molecule has 3 aromatic rings. The number of carbonyl (C=O) groups is 3. The summed E-state index contributed by atoms with van der Waals surface area (Å²) in [6.45, 7) is 4.58. The van der Waals surface area contributed by atoms with Crippen molar-refractivity contribution < 1.29 is 23.9 Å². The van der Waals surface area contributed by atoms with E-state index in [-0.39, 0.29) is 24.0 Å². The lowest BCUT2D eigenvalue weighted by Gasteiger charge is -2.36. The van der Waals surface area contributed by atoms with Gasteiger partial charge in [0.1, 0.15) is 13.2 Å². The number of ether oxygens (including phenoxy) is 2. The van der Waals surface area contributed by atoms with Gasteiger partial charge in [0.25, 0.3) is 11.1 Å². The fraction of sp³-hybridized carbons (Fsp3) is 0.258. The largest absolute Gasteiger partial charge is 0.490 e. The number of hydrogen-bond acceptors (Lipinski definition) is 7. The summed E-state index contributed by atoms with van der Waals surface area (Å²) in [6.07, 6.45) is 1.62. The smallest absolute Gasteiger partial charge is 0.294 e. The standard InChI is InChI=1S/C31H28BrCl2N3O5S/c1-2-41-26-16-21(14-23(32)29(26)42-19-20-8-9-24(33)25(34)15-20)17-27-30(39)37(31(40)43-27)18-28(38)36-12-10-35(11-13-36)22-6-4-3-5-7-22/h3-9,14-17H,2,10-13,18-19H2,1H3/b27-17+. The van der Waals surface area contributed by atoms with Crippen LogP contribution in [0.4, 0.5) is 10.5 Å². The molecule has 224 valence electrons. The van der Waals surface area contributed by atoms with E-state index in [0.717, 1.165) is 27.9 Å². The molecule has 12 heteroatoms. The Morgan fingerprint density at radius 2 is 1.72 bits per heavy atom. The van der Waals surface area contributed by atoms with Crippen LogP contribution >= 0.6 is 50.9 Å². The van der Waals surface area contributed by atoms with E-state index in [9.17, 15) is 14.4 Å². The van der Waals surface area contributed by atoms with Gasteiger partial charge in [-0.25, -0.2) is 0 Å². The first kappa shape index (κ1) is 31.3. The number of carbonyl (C=O) groups excluding carboxylic acids is 3. The van der Waals surface area contributed by atoms with Gasteiger partial charge in [0, 0.05) is 31.9 Å². The van der Waals surface area contributed by atoms with Crippen LogP contribution in [0.5, 0.6) is 11.5 Å². The molecule has 2 aliphatic rings. The number of amides is 3. The number of hydrogen-bond donors (Lipinski definition) is 0. The Labute approximate surface area is 272 Å². The zero-order valence-electron chi connectivity index (χ0n) is 23.2. The first-order valence-corrected chi connectivity index (χ1v) is 16.0. The van der Waals surface area contributed by atoms with E-state index < -0.39 is 11.1 Å². The van der Waals surface area contributed by atoms with Gasteiger partial charge in [0.05, 0.1) is 26.0 Å². The summed E-state index contributed by atoms with van der Waals surface area (Å²) in [7, 11) is 0. The number of benzene rings is 3. The molecule has 2 saturated heterocycles. The Hall–Kier alpha value is -3.18. The second-order valence-electron chi connectivity index (χ2n) is 9.77. The molecule has 3 amide bonds. The van der Waals surface area contributed by atoms with Gasteiger partial charge in [-0.1, -0.05) is 47.5 Å². The topological polar surface area (TPSA) is 79.4 Å². The van der Waals surface area contributed by atoms with Gasteiger partial charge in [-0.15, -0.1) is 0 Å². The van der Waals surface area contributed by atoms with Crippen LogP contribution in [-0.4, -0.2) is 66.2 Å². The molecule has 0 atom stereocenters. The Balaban J connectivity index is 1.24. The van der Waals surface area contributed by atoms with Crippen LogP contribution in [0.3, 0.4) is 0 Å². The molecule has 0 radical (unpaired) electrons. The molecule has 2 heterocycles. The average molecular weight is 705 g/mol. The van der Waals surface area contributed by atoms with Crippen molar-refractivity contribution in [1.82, 2.24) is 9.80 Å². The highest BCUT2D eigenvalue weighted by Crippen LogP contribution is 2.40. The summed E-state index contributed by atoms with van der Waals surface area (Å²) in [5, 5.41) is 0.420. The lowest BCUT2D eigenvalue weighted by molar-refractivity contribution is -0.136. The van der Waals surface area contributed by atoms with Crippen molar-refractivity contribution >= 4 is 79.7 Å². The maximum Gasteiger partial charge on any atom is 0.294 e. The van der Waals surface area contributed by atoms with Crippen molar-refractivity contribution in [2.24, 2.45) is 0 Å². The van der Waals surface area contributed by atoms with Gasteiger partial charge >= 0.3 is 0 Å². The van der Waals surface area contributed by atoms with Crippen molar-refractivity contribution in [3.8, 4) is 11.5 Å². The molecule has 0 N–H and O–H groups in total. The molecule has 0 bridgehead atoms. The SMILES string of the molecule is CCOc1cc(/C=C2/SC(=O)N(CC(=O)N3CCN(c4ccccc4)CC3)C2=O)cc(Br)c1OCc1ccc(Cl)c(Cl)c1. The summed E-state index contributed by atoms with van der Waals surface area (Å²) < 4.78 is 12.5.